The summed E-state index contributed by atoms with van der Waals surface area (Å²) in [6.45, 7) is 6.47. The first kappa shape index (κ1) is 17.4. The van der Waals surface area contributed by atoms with Gasteiger partial charge in [-0.3, -0.25) is 4.98 Å². The van der Waals surface area contributed by atoms with E-state index in [-0.39, 0.29) is 6.61 Å². The number of aliphatic hydroxyl groups is 1. The first-order chi connectivity index (χ1) is 12.1. The second-order valence-electron chi connectivity index (χ2n) is 6.54. The monoisotopic (exact) mass is 331 g/mol. The van der Waals surface area contributed by atoms with Crippen LogP contribution in [-0.2, 0) is 12.8 Å². The number of pyridine rings is 1. The van der Waals surface area contributed by atoms with Gasteiger partial charge in [0, 0.05) is 24.1 Å². The van der Waals surface area contributed by atoms with E-state index in [2.05, 4.69) is 69.3 Å². The zero-order valence-electron chi connectivity index (χ0n) is 15.2. The van der Waals surface area contributed by atoms with Crippen LogP contribution in [0, 0.1) is 13.8 Å². The van der Waals surface area contributed by atoms with Crippen molar-refractivity contribution in [3.63, 3.8) is 0 Å². The number of aromatic nitrogens is 1. The molecule has 128 valence electrons. The molecule has 0 aliphatic carbocycles. The van der Waals surface area contributed by atoms with Crippen LogP contribution in [0.3, 0.4) is 0 Å². The predicted octanol–water partition coefficient (Wildman–Crippen LogP) is 5.13. The van der Waals surface area contributed by atoms with Gasteiger partial charge in [0.15, 0.2) is 0 Å². The summed E-state index contributed by atoms with van der Waals surface area (Å²) in [6.07, 6.45) is 3.42. The molecule has 0 bridgehead atoms. The Morgan fingerprint density at radius 3 is 1.80 bits per heavy atom. The fourth-order valence-electron chi connectivity index (χ4n) is 3.25. The third-order valence-corrected chi connectivity index (χ3v) is 4.63. The minimum Gasteiger partial charge on any atom is -0.396 e. The topological polar surface area (TPSA) is 33.1 Å². The molecule has 3 aromatic rings. The summed E-state index contributed by atoms with van der Waals surface area (Å²) >= 11 is 0. The lowest BCUT2D eigenvalue weighted by molar-refractivity contribution is 0.299. The minimum atomic E-state index is 0.124. The van der Waals surface area contributed by atoms with Gasteiger partial charge in [-0.25, -0.2) is 0 Å². The number of aryl methyl sites for hydroxylation is 3. The third-order valence-electron chi connectivity index (χ3n) is 4.63. The first-order valence-corrected chi connectivity index (χ1v) is 8.89. The first-order valence-electron chi connectivity index (χ1n) is 8.89. The minimum absolute atomic E-state index is 0.124. The van der Waals surface area contributed by atoms with Crippen molar-refractivity contribution in [2.75, 3.05) is 6.61 Å². The molecule has 1 heterocycles. The summed E-state index contributed by atoms with van der Waals surface area (Å²) in [5, 5.41) is 9.53. The lowest BCUT2D eigenvalue weighted by Crippen LogP contribution is -2.03. The van der Waals surface area contributed by atoms with Crippen molar-refractivity contribution in [1.82, 2.24) is 4.98 Å². The molecule has 25 heavy (non-hydrogen) atoms. The van der Waals surface area contributed by atoms with Crippen molar-refractivity contribution in [1.29, 1.82) is 0 Å². The van der Waals surface area contributed by atoms with Gasteiger partial charge in [0.1, 0.15) is 0 Å². The molecule has 0 fully saturated rings. The highest BCUT2D eigenvalue weighted by Crippen LogP contribution is 2.37. The van der Waals surface area contributed by atoms with Crippen LogP contribution in [0.5, 0.6) is 0 Å². The van der Waals surface area contributed by atoms with E-state index >= 15 is 0 Å². The number of nitrogens with zero attached hydrogens (tertiary/aromatic N) is 1. The smallest absolute Gasteiger partial charge is 0.0485 e. The van der Waals surface area contributed by atoms with Crippen molar-refractivity contribution in [2.24, 2.45) is 0 Å². The van der Waals surface area contributed by atoms with Crippen molar-refractivity contribution in [2.45, 2.75) is 33.6 Å². The zero-order valence-corrected chi connectivity index (χ0v) is 15.2. The predicted molar refractivity (Wildman–Crippen MR) is 105 cm³/mol. The van der Waals surface area contributed by atoms with Crippen LogP contribution in [-0.4, -0.2) is 16.7 Å². The fourth-order valence-corrected chi connectivity index (χ4v) is 3.25. The maximum atomic E-state index is 9.53. The van der Waals surface area contributed by atoms with E-state index in [1.54, 1.807) is 0 Å². The number of hydrogen-bond acceptors (Lipinski definition) is 2. The largest absolute Gasteiger partial charge is 0.396 e. The van der Waals surface area contributed by atoms with Crippen molar-refractivity contribution in [3.8, 4) is 22.3 Å². The SMILES string of the molecule is CCc1ncc(CCO)c(-c2ccc(C)cc2)c1-c1ccc(C)cc1. The molecule has 0 saturated carbocycles. The second kappa shape index (κ2) is 7.62. The Morgan fingerprint density at radius 2 is 1.32 bits per heavy atom. The summed E-state index contributed by atoms with van der Waals surface area (Å²) in [7, 11) is 0. The molecule has 1 N–H and O–H groups in total. The Hall–Kier alpha value is -2.45. The number of benzene rings is 2. The highest BCUT2D eigenvalue weighted by Gasteiger charge is 2.17. The lowest BCUT2D eigenvalue weighted by atomic mass is 9.88. The third kappa shape index (κ3) is 3.64. The van der Waals surface area contributed by atoms with E-state index in [0.29, 0.717) is 6.42 Å². The van der Waals surface area contributed by atoms with Gasteiger partial charge in [0.2, 0.25) is 0 Å². The highest BCUT2D eigenvalue weighted by molar-refractivity contribution is 5.87. The van der Waals surface area contributed by atoms with E-state index in [1.165, 1.54) is 33.4 Å². The molecule has 2 aromatic carbocycles. The Morgan fingerprint density at radius 1 is 0.800 bits per heavy atom. The quantitative estimate of drug-likeness (QED) is 0.703. The van der Waals surface area contributed by atoms with Gasteiger partial charge in [-0.15, -0.1) is 0 Å². The van der Waals surface area contributed by atoms with Gasteiger partial charge in [-0.05, 0) is 48.9 Å². The van der Waals surface area contributed by atoms with E-state index in [9.17, 15) is 5.11 Å². The second-order valence-corrected chi connectivity index (χ2v) is 6.54. The van der Waals surface area contributed by atoms with Crippen LogP contribution in [0.2, 0.25) is 0 Å². The molecular formula is C23H25NO. The average molecular weight is 331 g/mol. The molecule has 2 heteroatoms. The van der Waals surface area contributed by atoms with Crippen LogP contribution < -0.4 is 0 Å². The maximum Gasteiger partial charge on any atom is 0.0485 e. The van der Waals surface area contributed by atoms with Gasteiger partial charge in [0.25, 0.3) is 0 Å². The van der Waals surface area contributed by atoms with Gasteiger partial charge in [0.05, 0.1) is 0 Å². The van der Waals surface area contributed by atoms with E-state index in [1.807, 2.05) is 6.20 Å². The fraction of sp³-hybridized carbons (Fsp3) is 0.261. The standard InChI is InChI=1S/C23H25NO/c1-4-21-23(19-11-7-17(3)8-12-19)22(20(13-14-25)15-24-21)18-9-5-16(2)6-10-18/h5-12,15,25H,4,13-14H2,1-3H3. The van der Waals surface area contributed by atoms with Crippen LogP contribution in [0.4, 0.5) is 0 Å². The Labute approximate surface area is 150 Å². The molecular weight excluding hydrogens is 306 g/mol. The van der Waals surface area contributed by atoms with Crippen molar-refractivity contribution < 1.29 is 5.11 Å². The van der Waals surface area contributed by atoms with Crippen LogP contribution in [0.15, 0.2) is 54.7 Å². The van der Waals surface area contributed by atoms with Crippen LogP contribution in [0.1, 0.15) is 29.3 Å². The summed E-state index contributed by atoms with van der Waals surface area (Å²) in [6, 6.07) is 17.3. The molecule has 0 spiro atoms. The highest BCUT2D eigenvalue weighted by atomic mass is 16.2. The van der Waals surface area contributed by atoms with Crippen LogP contribution >= 0.6 is 0 Å². The van der Waals surface area contributed by atoms with Crippen LogP contribution in [0.25, 0.3) is 22.3 Å². The van der Waals surface area contributed by atoms with E-state index < -0.39 is 0 Å². The molecule has 0 aliphatic rings. The zero-order chi connectivity index (χ0) is 17.8. The molecule has 0 unspecified atom stereocenters. The van der Waals surface area contributed by atoms with Gasteiger partial charge in [-0.2, -0.15) is 0 Å². The van der Waals surface area contributed by atoms with Gasteiger partial charge >= 0.3 is 0 Å². The number of hydrogen-bond donors (Lipinski definition) is 1. The molecule has 0 radical (unpaired) electrons. The molecule has 0 atom stereocenters. The summed E-state index contributed by atoms with van der Waals surface area (Å²) in [5.74, 6) is 0. The summed E-state index contributed by atoms with van der Waals surface area (Å²) in [5.41, 5.74) is 9.45. The van der Waals surface area contributed by atoms with E-state index in [4.69, 9.17) is 4.98 Å². The van der Waals surface area contributed by atoms with Gasteiger partial charge < -0.3 is 5.11 Å². The maximum absolute atomic E-state index is 9.53. The number of rotatable bonds is 5. The molecule has 1 aromatic heterocycles. The summed E-state index contributed by atoms with van der Waals surface area (Å²) in [4.78, 5) is 4.71. The Kier molecular flexibility index (Phi) is 5.30. The Balaban J connectivity index is 2.31. The molecule has 0 saturated heterocycles. The van der Waals surface area contributed by atoms with Gasteiger partial charge in [-0.1, -0.05) is 66.6 Å². The lowest BCUT2D eigenvalue weighted by Gasteiger charge is -2.18. The summed E-state index contributed by atoms with van der Waals surface area (Å²) < 4.78 is 0. The molecule has 3 rings (SSSR count). The van der Waals surface area contributed by atoms with Crippen molar-refractivity contribution >= 4 is 0 Å². The molecule has 0 aliphatic heterocycles. The Bertz CT molecular complexity index is 849. The average Bonchev–Trinajstić information content (AvgIpc) is 2.63. The van der Waals surface area contributed by atoms with Crippen molar-refractivity contribution in [3.05, 3.63) is 77.1 Å². The molecule has 2 nitrogen and oxygen atoms in total. The normalized spacial score (nSPS) is 10.9. The number of aliphatic hydroxyl groups excluding tert-OH is 1. The van der Waals surface area contributed by atoms with E-state index in [0.717, 1.165) is 17.7 Å². The molecule has 0 amide bonds.